The summed E-state index contributed by atoms with van der Waals surface area (Å²) in [5, 5.41) is 11.9. The van der Waals surface area contributed by atoms with Crippen LogP contribution in [-0.2, 0) is 11.2 Å². The second kappa shape index (κ2) is 7.32. The SMILES string of the molecule is C[C@H](O)CN1CCN(C(=O)Cc2cccc3ccccc23)C[C@H]1C. The third-order valence-electron chi connectivity index (χ3n) is 4.84. The minimum atomic E-state index is -0.328. The van der Waals surface area contributed by atoms with Gasteiger partial charge < -0.3 is 10.0 Å². The molecule has 4 nitrogen and oxygen atoms in total. The molecule has 0 saturated carbocycles. The molecule has 24 heavy (non-hydrogen) atoms. The maximum Gasteiger partial charge on any atom is 0.227 e. The van der Waals surface area contributed by atoms with Crippen molar-refractivity contribution in [1.82, 2.24) is 9.80 Å². The molecule has 1 saturated heterocycles. The fraction of sp³-hybridized carbons (Fsp3) is 0.450. The zero-order valence-electron chi connectivity index (χ0n) is 14.5. The lowest BCUT2D eigenvalue weighted by molar-refractivity contribution is -0.133. The molecule has 0 unspecified atom stereocenters. The van der Waals surface area contributed by atoms with Gasteiger partial charge in [-0.15, -0.1) is 0 Å². The molecule has 4 heteroatoms. The molecule has 3 rings (SSSR count). The molecular weight excluding hydrogens is 300 g/mol. The number of hydrogen-bond donors (Lipinski definition) is 1. The van der Waals surface area contributed by atoms with E-state index in [4.69, 9.17) is 0 Å². The number of hydrogen-bond acceptors (Lipinski definition) is 3. The highest BCUT2D eigenvalue weighted by atomic mass is 16.3. The number of amides is 1. The van der Waals surface area contributed by atoms with Crippen molar-refractivity contribution in [3.05, 3.63) is 48.0 Å². The number of nitrogens with zero attached hydrogens (tertiary/aromatic N) is 2. The predicted molar refractivity (Wildman–Crippen MR) is 96.9 cm³/mol. The molecule has 0 radical (unpaired) electrons. The van der Waals surface area contributed by atoms with Crippen molar-refractivity contribution in [3.8, 4) is 0 Å². The van der Waals surface area contributed by atoms with Gasteiger partial charge in [-0.1, -0.05) is 42.5 Å². The van der Waals surface area contributed by atoms with E-state index >= 15 is 0 Å². The Morgan fingerprint density at radius 2 is 1.96 bits per heavy atom. The van der Waals surface area contributed by atoms with Crippen LogP contribution in [0.25, 0.3) is 10.8 Å². The van der Waals surface area contributed by atoms with E-state index in [1.165, 1.54) is 5.39 Å². The van der Waals surface area contributed by atoms with Crippen molar-refractivity contribution >= 4 is 16.7 Å². The minimum absolute atomic E-state index is 0.190. The highest BCUT2D eigenvalue weighted by molar-refractivity contribution is 5.90. The topological polar surface area (TPSA) is 43.8 Å². The van der Waals surface area contributed by atoms with E-state index in [0.717, 1.165) is 30.6 Å². The molecule has 1 fully saturated rings. The fourth-order valence-electron chi connectivity index (χ4n) is 3.55. The molecule has 1 N–H and O–H groups in total. The van der Waals surface area contributed by atoms with Crippen LogP contribution in [0.2, 0.25) is 0 Å². The number of carbonyl (C=O) groups is 1. The second-order valence-electron chi connectivity index (χ2n) is 6.85. The standard InChI is InChI=1S/C20H26N2O2/c1-15-13-22(11-10-21(15)14-16(2)23)20(24)12-18-8-5-7-17-6-3-4-9-19(17)18/h3-9,15-16,23H,10-14H2,1-2H3/t15-,16+/m1/s1. The lowest BCUT2D eigenvalue weighted by Crippen LogP contribution is -2.55. The number of aliphatic hydroxyl groups is 1. The van der Waals surface area contributed by atoms with Crippen LogP contribution in [0.3, 0.4) is 0 Å². The Balaban J connectivity index is 1.67. The number of carbonyl (C=O) groups excluding carboxylic acids is 1. The molecule has 1 aliphatic rings. The first-order valence-electron chi connectivity index (χ1n) is 8.71. The molecule has 1 amide bonds. The number of rotatable bonds is 4. The highest BCUT2D eigenvalue weighted by Crippen LogP contribution is 2.20. The van der Waals surface area contributed by atoms with Crippen molar-refractivity contribution in [2.45, 2.75) is 32.4 Å². The van der Waals surface area contributed by atoms with E-state index < -0.39 is 0 Å². The fourth-order valence-corrected chi connectivity index (χ4v) is 3.55. The van der Waals surface area contributed by atoms with Gasteiger partial charge in [0, 0.05) is 32.2 Å². The highest BCUT2D eigenvalue weighted by Gasteiger charge is 2.27. The summed E-state index contributed by atoms with van der Waals surface area (Å²) in [6.45, 7) is 6.90. The van der Waals surface area contributed by atoms with Gasteiger partial charge in [0.05, 0.1) is 12.5 Å². The van der Waals surface area contributed by atoms with E-state index in [1.807, 2.05) is 36.1 Å². The van der Waals surface area contributed by atoms with Gasteiger partial charge in [-0.3, -0.25) is 9.69 Å². The maximum atomic E-state index is 12.7. The maximum absolute atomic E-state index is 12.7. The smallest absolute Gasteiger partial charge is 0.227 e. The summed E-state index contributed by atoms with van der Waals surface area (Å²) in [6.07, 6.45) is 0.121. The Morgan fingerprint density at radius 3 is 2.71 bits per heavy atom. The zero-order valence-corrected chi connectivity index (χ0v) is 14.5. The van der Waals surface area contributed by atoms with Gasteiger partial charge in [-0.2, -0.15) is 0 Å². The average molecular weight is 326 g/mol. The Kier molecular flexibility index (Phi) is 5.17. The lowest BCUT2D eigenvalue weighted by Gasteiger charge is -2.40. The molecule has 0 spiro atoms. The van der Waals surface area contributed by atoms with Crippen LogP contribution in [0, 0.1) is 0 Å². The van der Waals surface area contributed by atoms with E-state index in [-0.39, 0.29) is 18.1 Å². The van der Waals surface area contributed by atoms with E-state index in [9.17, 15) is 9.90 Å². The van der Waals surface area contributed by atoms with Gasteiger partial charge in [0.15, 0.2) is 0 Å². The van der Waals surface area contributed by atoms with Crippen LogP contribution >= 0.6 is 0 Å². The number of β-amino-alcohol motifs (C(OH)–C–C–N with tert-alkyl or cyclic N) is 1. The summed E-state index contributed by atoms with van der Waals surface area (Å²) in [4.78, 5) is 17.0. The molecule has 128 valence electrons. The average Bonchev–Trinajstić information content (AvgIpc) is 2.56. The van der Waals surface area contributed by atoms with Crippen molar-refractivity contribution in [1.29, 1.82) is 0 Å². The summed E-state index contributed by atoms with van der Waals surface area (Å²) in [5.74, 6) is 0.190. The van der Waals surface area contributed by atoms with E-state index in [2.05, 4.69) is 30.0 Å². The number of piperazine rings is 1. The monoisotopic (exact) mass is 326 g/mol. The van der Waals surface area contributed by atoms with E-state index in [0.29, 0.717) is 13.0 Å². The third kappa shape index (κ3) is 3.77. The molecule has 0 aliphatic carbocycles. The number of fused-ring (bicyclic) bond motifs is 1. The molecular formula is C20H26N2O2. The normalized spacial score (nSPS) is 20.3. The van der Waals surface area contributed by atoms with Crippen LogP contribution in [0.15, 0.2) is 42.5 Å². The summed E-state index contributed by atoms with van der Waals surface area (Å²) in [7, 11) is 0. The molecule has 1 heterocycles. The molecule has 2 aromatic carbocycles. The zero-order chi connectivity index (χ0) is 17.1. The Labute approximate surface area is 143 Å². The van der Waals surface area contributed by atoms with Crippen molar-refractivity contribution in [2.75, 3.05) is 26.2 Å². The van der Waals surface area contributed by atoms with Gasteiger partial charge in [-0.05, 0) is 30.2 Å². The van der Waals surface area contributed by atoms with Gasteiger partial charge in [0.25, 0.3) is 0 Å². The largest absolute Gasteiger partial charge is 0.392 e. The summed E-state index contributed by atoms with van der Waals surface area (Å²) in [5.41, 5.74) is 1.09. The third-order valence-corrected chi connectivity index (χ3v) is 4.84. The van der Waals surface area contributed by atoms with Gasteiger partial charge >= 0.3 is 0 Å². The quantitative estimate of drug-likeness (QED) is 0.937. The van der Waals surface area contributed by atoms with Gasteiger partial charge in [-0.25, -0.2) is 0 Å². The van der Waals surface area contributed by atoms with Crippen molar-refractivity contribution in [3.63, 3.8) is 0 Å². The van der Waals surface area contributed by atoms with Gasteiger partial charge in [0.1, 0.15) is 0 Å². The Morgan fingerprint density at radius 1 is 1.21 bits per heavy atom. The minimum Gasteiger partial charge on any atom is -0.392 e. The summed E-state index contributed by atoms with van der Waals surface area (Å²) in [6, 6.07) is 14.7. The molecule has 0 aromatic heterocycles. The molecule has 2 atom stereocenters. The summed E-state index contributed by atoms with van der Waals surface area (Å²) >= 11 is 0. The molecule has 0 bridgehead atoms. The number of benzene rings is 2. The first-order chi connectivity index (χ1) is 11.5. The van der Waals surface area contributed by atoms with Crippen molar-refractivity contribution in [2.24, 2.45) is 0 Å². The van der Waals surface area contributed by atoms with Crippen molar-refractivity contribution < 1.29 is 9.90 Å². The predicted octanol–water partition coefficient (Wildman–Crippen LogP) is 2.30. The van der Waals surface area contributed by atoms with Gasteiger partial charge in [0.2, 0.25) is 5.91 Å². The summed E-state index contributed by atoms with van der Waals surface area (Å²) < 4.78 is 0. The molecule has 1 aliphatic heterocycles. The Hall–Kier alpha value is -1.91. The first kappa shape index (κ1) is 16.9. The lowest BCUT2D eigenvalue weighted by atomic mass is 10.0. The van der Waals surface area contributed by atoms with Crippen LogP contribution in [0.4, 0.5) is 0 Å². The Bertz CT molecular complexity index is 708. The van der Waals surface area contributed by atoms with Crippen LogP contribution in [-0.4, -0.2) is 59.1 Å². The molecule has 2 aromatic rings. The van der Waals surface area contributed by atoms with E-state index in [1.54, 1.807) is 0 Å². The van der Waals surface area contributed by atoms with Crippen LogP contribution in [0.1, 0.15) is 19.4 Å². The van der Waals surface area contributed by atoms with Crippen LogP contribution in [0.5, 0.6) is 0 Å². The number of aliphatic hydroxyl groups excluding tert-OH is 1. The van der Waals surface area contributed by atoms with Crippen LogP contribution < -0.4 is 0 Å². The first-order valence-corrected chi connectivity index (χ1v) is 8.71. The second-order valence-corrected chi connectivity index (χ2v) is 6.85.